The highest BCUT2D eigenvalue weighted by molar-refractivity contribution is 5.75. The molecular formula is C30H36N4O5. The number of hydrogen-bond donors (Lipinski definition) is 1. The lowest BCUT2D eigenvalue weighted by Crippen LogP contribution is -2.49. The van der Waals surface area contributed by atoms with Crippen LogP contribution in [0.5, 0.6) is 17.4 Å². The Morgan fingerprint density at radius 2 is 1.77 bits per heavy atom. The van der Waals surface area contributed by atoms with Crippen LogP contribution in [0.3, 0.4) is 0 Å². The van der Waals surface area contributed by atoms with Crippen LogP contribution >= 0.6 is 0 Å². The van der Waals surface area contributed by atoms with Gasteiger partial charge < -0.3 is 29.2 Å². The third kappa shape index (κ3) is 6.54. The summed E-state index contributed by atoms with van der Waals surface area (Å²) in [6, 6.07) is 18.0. The van der Waals surface area contributed by atoms with Crippen molar-refractivity contribution in [2.75, 3.05) is 51.8 Å². The average molecular weight is 533 g/mol. The van der Waals surface area contributed by atoms with E-state index in [2.05, 4.69) is 22.3 Å². The molecular weight excluding hydrogens is 496 g/mol. The number of ether oxygens (including phenoxy) is 4. The number of para-hydroxylation sites is 1. The molecule has 206 valence electrons. The predicted molar refractivity (Wildman–Crippen MR) is 150 cm³/mol. The van der Waals surface area contributed by atoms with Gasteiger partial charge in [0, 0.05) is 44.0 Å². The summed E-state index contributed by atoms with van der Waals surface area (Å²) in [4.78, 5) is 21.3. The second kappa shape index (κ2) is 11.4. The molecule has 9 nitrogen and oxygen atoms in total. The van der Waals surface area contributed by atoms with Crippen LogP contribution in [0, 0.1) is 0 Å². The Kier molecular flexibility index (Phi) is 7.79. The second-order valence-electron chi connectivity index (χ2n) is 10.7. The van der Waals surface area contributed by atoms with E-state index >= 15 is 0 Å². The number of pyridine rings is 1. The van der Waals surface area contributed by atoms with Crippen LogP contribution in [0.25, 0.3) is 11.3 Å². The van der Waals surface area contributed by atoms with Gasteiger partial charge in [0.15, 0.2) is 11.5 Å². The van der Waals surface area contributed by atoms with Crippen LogP contribution < -0.4 is 19.5 Å². The van der Waals surface area contributed by atoms with E-state index in [1.165, 1.54) is 5.56 Å². The van der Waals surface area contributed by atoms with Crippen molar-refractivity contribution in [3.8, 4) is 28.6 Å². The van der Waals surface area contributed by atoms with E-state index in [-0.39, 0.29) is 6.09 Å². The van der Waals surface area contributed by atoms with E-state index in [4.69, 9.17) is 23.9 Å². The number of anilines is 2. The Morgan fingerprint density at radius 3 is 2.54 bits per heavy atom. The fraction of sp³-hybridized carbons (Fsp3) is 0.400. The molecule has 0 atom stereocenters. The van der Waals surface area contributed by atoms with Crippen LogP contribution in [0.4, 0.5) is 16.2 Å². The summed E-state index contributed by atoms with van der Waals surface area (Å²) < 4.78 is 22.7. The average Bonchev–Trinajstić information content (AvgIpc) is 2.93. The number of carbonyl (C=O) groups is 1. The largest absolute Gasteiger partial charge is 0.486 e. The van der Waals surface area contributed by atoms with Gasteiger partial charge in [0.05, 0.1) is 12.8 Å². The first-order chi connectivity index (χ1) is 18.8. The number of nitrogens with one attached hydrogen (secondary N) is 1. The van der Waals surface area contributed by atoms with Gasteiger partial charge in [0.2, 0.25) is 5.88 Å². The molecule has 39 heavy (non-hydrogen) atoms. The molecule has 2 aromatic carbocycles. The maximum absolute atomic E-state index is 12.4. The molecule has 1 aromatic heterocycles. The minimum atomic E-state index is -0.482. The van der Waals surface area contributed by atoms with Gasteiger partial charge in [-0.1, -0.05) is 18.2 Å². The van der Waals surface area contributed by atoms with Gasteiger partial charge in [-0.25, -0.2) is 9.78 Å². The fourth-order valence-corrected chi connectivity index (χ4v) is 4.69. The SMILES string of the molecule is COc1nc(-c2cccc3c2OCCO3)ccc1Nc1cccc(CN2CCN(C(=O)OC(C)(C)C)CC2)c1. The summed E-state index contributed by atoms with van der Waals surface area (Å²) in [6.07, 6.45) is -0.241. The molecule has 0 unspecified atom stereocenters. The molecule has 2 aliphatic heterocycles. The number of methoxy groups -OCH3 is 1. The lowest BCUT2D eigenvalue weighted by molar-refractivity contribution is 0.0139. The van der Waals surface area contributed by atoms with Gasteiger partial charge in [-0.05, 0) is 62.7 Å². The third-order valence-electron chi connectivity index (χ3n) is 6.53. The molecule has 5 rings (SSSR count). The molecule has 0 bridgehead atoms. The topological polar surface area (TPSA) is 85.4 Å². The van der Waals surface area contributed by atoms with E-state index in [1.54, 1.807) is 12.0 Å². The lowest BCUT2D eigenvalue weighted by Gasteiger charge is -2.35. The van der Waals surface area contributed by atoms with Crippen molar-refractivity contribution in [3.63, 3.8) is 0 Å². The maximum Gasteiger partial charge on any atom is 0.410 e. The van der Waals surface area contributed by atoms with Gasteiger partial charge in [0.1, 0.15) is 24.5 Å². The number of carbonyl (C=O) groups excluding carboxylic acids is 1. The third-order valence-corrected chi connectivity index (χ3v) is 6.53. The molecule has 2 aliphatic rings. The molecule has 1 amide bonds. The highest BCUT2D eigenvalue weighted by atomic mass is 16.6. The highest BCUT2D eigenvalue weighted by Gasteiger charge is 2.26. The van der Waals surface area contributed by atoms with E-state index < -0.39 is 5.60 Å². The van der Waals surface area contributed by atoms with Gasteiger partial charge >= 0.3 is 6.09 Å². The standard InChI is InChI=1S/C30H36N4O5/c1-30(2,3)39-29(35)34-15-13-33(14-16-34)20-21-7-5-8-22(19-21)31-25-12-11-24(32-28(25)36-4)23-9-6-10-26-27(23)38-18-17-37-26/h5-12,19,31H,13-18,20H2,1-4H3. The monoisotopic (exact) mass is 532 g/mol. The molecule has 0 radical (unpaired) electrons. The number of amides is 1. The van der Waals surface area contributed by atoms with E-state index in [1.807, 2.05) is 63.2 Å². The molecule has 1 saturated heterocycles. The molecule has 3 heterocycles. The molecule has 1 N–H and O–H groups in total. The van der Waals surface area contributed by atoms with Crippen molar-refractivity contribution in [2.24, 2.45) is 0 Å². The quantitative estimate of drug-likeness (QED) is 0.456. The Bertz CT molecular complexity index is 1310. The molecule has 3 aromatic rings. The Balaban J connectivity index is 1.24. The molecule has 1 fully saturated rings. The number of fused-ring (bicyclic) bond motifs is 1. The zero-order valence-corrected chi connectivity index (χ0v) is 23.0. The summed E-state index contributed by atoms with van der Waals surface area (Å²) in [5.74, 6) is 1.92. The van der Waals surface area contributed by atoms with Crippen molar-refractivity contribution >= 4 is 17.5 Å². The molecule has 0 aliphatic carbocycles. The Hall–Kier alpha value is -3.98. The first-order valence-electron chi connectivity index (χ1n) is 13.3. The summed E-state index contributed by atoms with van der Waals surface area (Å²) in [5.41, 5.74) is 4.03. The lowest BCUT2D eigenvalue weighted by atomic mass is 10.1. The van der Waals surface area contributed by atoms with Crippen molar-refractivity contribution in [1.29, 1.82) is 0 Å². The normalized spacial score (nSPS) is 15.5. The summed E-state index contributed by atoms with van der Waals surface area (Å²) in [7, 11) is 1.62. The van der Waals surface area contributed by atoms with Crippen molar-refractivity contribution in [3.05, 3.63) is 60.2 Å². The second-order valence-corrected chi connectivity index (χ2v) is 10.7. The number of piperazine rings is 1. The van der Waals surface area contributed by atoms with E-state index in [0.717, 1.165) is 48.0 Å². The Morgan fingerprint density at radius 1 is 1.00 bits per heavy atom. The first kappa shape index (κ1) is 26.6. The molecule has 0 saturated carbocycles. The van der Waals surface area contributed by atoms with Crippen LogP contribution in [-0.2, 0) is 11.3 Å². The van der Waals surface area contributed by atoms with Gasteiger partial charge in [0.25, 0.3) is 0 Å². The zero-order chi connectivity index (χ0) is 27.4. The van der Waals surface area contributed by atoms with Gasteiger partial charge in [-0.2, -0.15) is 0 Å². The molecule has 0 spiro atoms. The minimum Gasteiger partial charge on any atom is -0.486 e. The Labute approximate surface area is 229 Å². The smallest absolute Gasteiger partial charge is 0.410 e. The summed E-state index contributed by atoms with van der Waals surface area (Å²) >= 11 is 0. The fourth-order valence-electron chi connectivity index (χ4n) is 4.69. The van der Waals surface area contributed by atoms with Crippen LogP contribution in [0.15, 0.2) is 54.6 Å². The zero-order valence-electron chi connectivity index (χ0n) is 23.0. The van der Waals surface area contributed by atoms with Crippen LogP contribution in [0.1, 0.15) is 26.3 Å². The minimum absolute atomic E-state index is 0.241. The number of benzene rings is 2. The van der Waals surface area contributed by atoms with E-state index in [0.29, 0.717) is 37.9 Å². The predicted octanol–water partition coefficient (Wildman–Crippen LogP) is 5.32. The number of aromatic nitrogens is 1. The van der Waals surface area contributed by atoms with Gasteiger partial charge in [-0.3, -0.25) is 4.90 Å². The van der Waals surface area contributed by atoms with E-state index in [9.17, 15) is 4.79 Å². The summed E-state index contributed by atoms with van der Waals surface area (Å²) in [6.45, 7) is 10.4. The van der Waals surface area contributed by atoms with Crippen LogP contribution in [0.2, 0.25) is 0 Å². The van der Waals surface area contributed by atoms with Gasteiger partial charge in [-0.15, -0.1) is 0 Å². The number of nitrogens with zero attached hydrogens (tertiary/aromatic N) is 3. The van der Waals surface area contributed by atoms with Crippen LogP contribution in [-0.4, -0.2) is 73.0 Å². The molecule has 9 heteroatoms. The first-order valence-corrected chi connectivity index (χ1v) is 13.3. The van der Waals surface area contributed by atoms with Crippen molar-refractivity contribution in [1.82, 2.24) is 14.8 Å². The highest BCUT2D eigenvalue weighted by Crippen LogP contribution is 2.40. The van der Waals surface area contributed by atoms with Crippen molar-refractivity contribution < 1.29 is 23.7 Å². The van der Waals surface area contributed by atoms with Crippen molar-refractivity contribution in [2.45, 2.75) is 32.9 Å². The maximum atomic E-state index is 12.4. The summed E-state index contributed by atoms with van der Waals surface area (Å²) in [5, 5.41) is 3.45. The number of rotatable bonds is 6. The number of hydrogen-bond acceptors (Lipinski definition) is 8.